The Kier molecular flexibility index (Phi) is 48.0. The highest BCUT2D eigenvalue weighted by Gasteiger charge is 2.40. The topological polar surface area (TPSA) is 322 Å². The van der Waals surface area contributed by atoms with Crippen molar-refractivity contribution >= 4 is 185 Å². The van der Waals surface area contributed by atoms with Gasteiger partial charge in [-0.05, 0) is 120 Å². The number of benzene rings is 2. The van der Waals surface area contributed by atoms with Gasteiger partial charge in [0.2, 0.25) is 10.0 Å². The number of aliphatic hydroxyl groups excluding tert-OH is 1. The summed E-state index contributed by atoms with van der Waals surface area (Å²) >= 11 is 4.94. The summed E-state index contributed by atoms with van der Waals surface area (Å²) in [6.45, 7) is 11.0. The van der Waals surface area contributed by atoms with E-state index in [9.17, 15) is 39.6 Å². The van der Waals surface area contributed by atoms with Gasteiger partial charge in [-0.2, -0.15) is 30.2 Å². The van der Waals surface area contributed by atoms with Gasteiger partial charge in [0.05, 0.1) is 58.5 Å². The number of nitrogens with one attached hydrogen (secondary N) is 2. The molecule has 4 aromatic rings. The van der Waals surface area contributed by atoms with E-state index in [1.54, 1.807) is 47.1 Å². The Bertz CT molecular complexity index is 3860. The Morgan fingerprint density at radius 2 is 1.14 bits per heavy atom. The number of unbranched alkanes of at least 4 members (excludes halogenated alkanes) is 4. The van der Waals surface area contributed by atoms with Crippen molar-refractivity contribution in [3.05, 3.63) is 90.7 Å². The minimum atomic E-state index is -4.00. The SMILES string of the molecule is CCCCCS(=O)(=O)N1CCc2c(-c3cc(OC)c(CN(C)C)c(OC)c3)cn(C)c(=O)c2C1.CCCCN.CCCCNS(=O)(=O)N1CCOC1=O.COc1cc(-c2cn(C)c(=O)c3c2CCNC3)cc(OC)c1CN(C)C.O=C=NS(=O)(=O)Cl.OCCCl.[B][B]B(B([B])[B])B(B([B])[B])B(B([B])[B])B([B])[B]. The van der Waals surface area contributed by atoms with Crippen LogP contribution in [0, 0.1) is 0 Å². The van der Waals surface area contributed by atoms with E-state index < -0.39 is 80.3 Å². The highest BCUT2D eigenvalue weighted by molar-refractivity contribution is 8.15. The number of aliphatic hydroxyl groups is 1. The van der Waals surface area contributed by atoms with Crippen molar-refractivity contribution in [3.8, 4) is 45.3 Å². The van der Waals surface area contributed by atoms with Crippen molar-refractivity contribution in [3.63, 3.8) is 0 Å². The zero-order valence-corrected chi connectivity index (χ0v) is 68.1. The number of nitrogens with zero attached hydrogens (tertiary/aromatic N) is 7. The number of methoxy groups -OCH3 is 4. The van der Waals surface area contributed by atoms with Crippen LogP contribution in [0.15, 0.2) is 50.6 Å². The molecule has 559 valence electrons. The van der Waals surface area contributed by atoms with Crippen LogP contribution in [0.4, 0.5) is 4.79 Å². The van der Waals surface area contributed by atoms with Gasteiger partial charge in [0.1, 0.15) is 29.6 Å². The number of carbonyl (C=O) groups is 1. The first-order valence-corrected chi connectivity index (χ1v) is 40.5. The quantitative estimate of drug-likeness (QED) is 0.0119. The van der Waals surface area contributed by atoms with Crippen molar-refractivity contribution < 1.29 is 63.6 Å². The molecular weight excluding hydrogens is 1460 g/mol. The summed E-state index contributed by atoms with van der Waals surface area (Å²) in [6.07, 6.45) is 6.89. The second-order valence-electron chi connectivity index (χ2n) is 25.4. The lowest BCUT2D eigenvalue weighted by Gasteiger charge is -2.38. The van der Waals surface area contributed by atoms with Crippen molar-refractivity contribution in [2.24, 2.45) is 24.2 Å². The minimum Gasteiger partial charge on any atom is -0.496 e. The summed E-state index contributed by atoms with van der Waals surface area (Å²) < 4.78 is 105. The second kappa shape index (κ2) is 51.2. The number of pyridine rings is 2. The number of alkyl halides is 1. The highest BCUT2D eigenvalue weighted by atomic mass is 35.7. The van der Waals surface area contributed by atoms with Gasteiger partial charge < -0.3 is 58.8 Å². The predicted octanol–water partition coefficient (Wildman–Crippen LogP) is -0.846. The average Bonchev–Trinajstić information content (AvgIpc) is 1.65. The molecule has 3 aliphatic heterocycles. The summed E-state index contributed by atoms with van der Waals surface area (Å²) in [7, 11) is 63.4. The van der Waals surface area contributed by atoms with E-state index in [1.807, 2.05) is 83.6 Å². The van der Waals surface area contributed by atoms with E-state index in [2.05, 4.69) is 41.7 Å². The molecule has 2 aromatic carbocycles. The zero-order chi connectivity index (χ0) is 81.7. The Morgan fingerprint density at radius 1 is 0.692 bits per heavy atom. The standard InChI is InChI=1S/C25H37N3O5S.C20H27N3O3.C7H14N2O4S.C4H11N.C2H5ClO.CClNO3S.B17/c1-7-8-9-12-34(30,31)28-11-10-19-20(16-27(4)25(29)21(19)17-28)18-13-23(32-5)22(15-26(2)3)24(14-18)33-6;1-22(2)11-17-18(25-4)8-13(9-19(17)26-5)16-12-23(3)20(24)15-10-21-7-6-14(15)16;1-2-3-4-8-14(11,12)9-5-6-13-7(9)10;1-2-3-4-5;3-1-2-4;2-7(5,6)3-1-4;1-10-15(11(2)3)17(14(8)9)16(12(4)5)13(6)7/h13-14,16H,7-12,15,17H2,1-6H3;8-9,12,21H,6-7,10-11H2,1-5H3;8H,2-6H2,1H3;2-5H2,1H3;4H,1-2H2;;. The molecule has 19 radical (unpaired) electrons. The lowest BCUT2D eigenvalue weighted by Crippen LogP contribution is -2.76. The van der Waals surface area contributed by atoms with Crippen LogP contribution in [0.5, 0.6) is 23.0 Å². The number of isocyanates is 1. The van der Waals surface area contributed by atoms with Gasteiger partial charge in [-0.3, -0.25) is 9.59 Å². The number of nitrogens with two attached hydrogens (primary N) is 1. The summed E-state index contributed by atoms with van der Waals surface area (Å²) in [4.78, 5) is 49.7. The number of fused-ring (bicyclic) bond motifs is 2. The molecule has 0 saturated carbocycles. The van der Waals surface area contributed by atoms with Gasteiger partial charge in [-0.15, -0.1) is 11.6 Å². The largest absolute Gasteiger partial charge is 0.496 e. The molecule has 0 atom stereocenters. The van der Waals surface area contributed by atoms with E-state index in [0.717, 1.165) is 119 Å². The molecule has 107 heavy (non-hydrogen) atoms. The average molecular weight is 1550 g/mol. The number of amides is 1. The number of ether oxygens (including phenoxy) is 5. The number of hydrogen-bond acceptors (Lipinski definition) is 20. The van der Waals surface area contributed by atoms with Crippen LogP contribution in [0.1, 0.15) is 99.1 Å². The highest BCUT2D eigenvalue weighted by Crippen LogP contribution is 2.40. The number of sulfonamides is 1. The third-order valence-electron chi connectivity index (χ3n) is 16.7. The number of aryl methyl sites for hydroxylation is 2. The van der Waals surface area contributed by atoms with Crippen molar-refractivity contribution in [2.75, 3.05) is 114 Å². The lowest BCUT2D eigenvalue weighted by atomic mass is 8.43. The Labute approximate surface area is 661 Å². The molecule has 0 bridgehead atoms. The molecule has 7 rings (SSSR count). The van der Waals surface area contributed by atoms with Gasteiger partial charge in [0.25, 0.3) is 17.2 Å². The first kappa shape index (κ1) is 100. The van der Waals surface area contributed by atoms with Crippen LogP contribution in [0.3, 0.4) is 0 Å². The Balaban J connectivity index is 0.000000693. The smallest absolute Gasteiger partial charge is 0.424 e. The third-order valence-corrected chi connectivity index (χ3v) is 20.7. The van der Waals surface area contributed by atoms with E-state index >= 15 is 0 Å². The summed E-state index contributed by atoms with van der Waals surface area (Å²) in [5, 5.41) is 11.0. The Hall–Kier alpha value is -4.56. The first-order valence-electron chi connectivity index (χ1n) is 34.6. The summed E-state index contributed by atoms with van der Waals surface area (Å²) in [5.41, 5.74) is 14.3. The molecule has 5 N–H and O–H groups in total. The normalized spacial score (nSPS) is 12.9. The van der Waals surface area contributed by atoms with Crippen LogP contribution >= 0.6 is 22.3 Å². The molecule has 2 aromatic heterocycles. The van der Waals surface area contributed by atoms with E-state index in [1.165, 1.54) is 28.8 Å². The molecule has 26 nitrogen and oxygen atoms in total. The molecule has 1 amide bonds. The fourth-order valence-electron chi connectivity index (χ4n) is 11.5. The van der Waals surface area contributed by atoms with Gasteiger partial charge in [-0.25, -0.2) is 18.0 Å². The van der Waals surface area contributed by atoms with E-state index in [4.69, 9.17) is 116 Å². The van der Waals surface area contributed by atoms with Crippen LogP contribution < -0.4 is 45.8 Å². The van der Waals surface area contributed by atoms with Crippen LogP contribution in [0.2, 0.25) is 0 Å². The van der Waals surface area contributed by atoms with Crippen LogP contribution in [-0.2, 0) is 92.1 Å². The molecule has 0 spiro atoms. The fraction of sp³-hybridized carbons (Fsp3) is 0.593. The molecule has 0 unspecified atom stereocenters. The molecule has 5 heterocycles. The van der Waals surface area contributed by atoms with Gasteiger partial charge >= 0.3 is 25.5 Å². The van der Waals surface area contributed by atoms with Crippen molar-refractivity contribution in [1.29, 1.82) is 0 Å². The number of halogens is 2. The Morgan fingerprint density at radius 3 is 1.48 bits per heavy atom. The maximum Gasteiger partial charge on any atom is 0.424 e. The second-order valence-corrected chi connectivity index (χ2v) is 31.7. The van der Waals surface area contributed by atoms with Gasteiger partial charge in [-0.1, -0.05) is 50.9 Å². The maximum atomic E-state index is 13.0. The molecule has 0 aliphatic carbocycles. The number of rotatable bonds is 31. The van der Waals surface area contributed by atoms with Crippen molar-refractivity contribution in [2.45, 2.75) is 105 Å². The van der Waals surface area contributed by atoms with Crippen LogP contribution in [0.25, 0.3) is 22.3 Å². The maximum absolute atomic E-state index is 13.0. The fourth-order valence-corrected chi connectivity index (χ4v) is 14.3. The molecule has 1 fully saturated rings. The van der Waals surface area contributed by atoms with Crippen molar-refractivity contribution in [1.82, 2.24) is 37.6 Å². The van der Waals surface area contributed by atoms with E-state index in [0.29, 0.717) is 66.3 Å². The van der Waals surface area contributed by atoms with Crippen LogP contribution in [-0.4, -0.2) is 306 Å². The van der Waals surface area contributed by atoms with Gasteiger partial charge in [0, 0.05) is 226 Å². The molecule has 1 saturated heterocycles. The first-order chi connectivity index (χ1) is 50.3. The van der Waals surface area contributed by atoms with E-state index in [-0.39, 0.29) is 43.2 Å². The summed E-state index contributed by atoms with van der Waals surface area (Å²) in [6, 6.07) is 8.03. The number of carbonyl (C=O) groups excluding carboxylic acids is 2. The number of hydrogen-bond donors (Lipinski definition) is 4. The number of aromatic nitrogens is 2. The van der Waals surface area contributed by atoms with Gasteiger partial charge in [0.15, 0.2) is 0 Å². The molecule has 48 heteroatoms. The monoisotopic (exact) mass is 1550 g/mol. The summed E-state index contributed by atoms with van der Waals surface area (Å²) in [5.74, 6) is 3.48. The minimum absolute atomic E-state index is 0.0686. The molecule has 3 aliphatic rings. The third kappa shape index (κ3) is 33.0. The predicted molar refractivity (Wildman–Crippen MR) is 450 cm³/mol. The zero-order valence-electron chi connectivity index (χ0n) is 64.1. The number of cyclic esters (lactones) is 1. The lowest BCUT2D eigenvalue weighted by molar-refractivity contribution is 0.169. The molecular formula is C59H94B17Cl2N10O16S3.